The van der Waals surface area contributed by atoms with Gasteiger partial charge >= 0.3 is 12.3 Å². The van der Waals surface area contributed by atoms with Crippen molar-refractivity contribution in [2.24, 2.45) is 5.92 Å². The van der Waals surface area contributed by atoms with Crippen LogP contribution in [0.4, 0.5) is 18.0 Å². The van der Waals surface area contributed by atoms with E-state index in [1.54, 1.807) is 25.7 Å². The van der Waals surface area contributed by atoms with Crippen molar-refractivity contribution in [3.05, 3.63) is 35.3 Å². The summed E-state index contributed by atoms with van der Waals surface area (Å²) < 4.78 is 52.2. The second kappa shape index (κ2) is 11.5. The molecule has 4 heterocycles. The highest BCUT2D eigenvalue weighted by atomic mass is 19.4. The lowest BCUT2D eigenvalue weighted by molar-refractivity contribution is -0.142. The summed E-state index contributed by atoms with van der Waals surface area (Å²) in [7, 11) is 0. The normalized spacial score (nSPS) is 18.8. The average Bonchev–Trinajstić information content (AvgIpc) is 3.38. The van der Waals surface area contributed by atoms with Gasteiger partial charge in [0.25, 0.3) is 0 Å². The molecule has 10 nitrogen and oxygen atoms in total. The van der Waals surface area contributed by atoms with Gasteiger partial charge in [0, 0.05) is 38.0 Å². The minimum atomic E-state index is -4.71. The molecule has 2 aliphatic rings. The van der Waals surface area contributed by atoms with Gasteiger partial charge in [-0.2, -0.15) is 13.2 Å². The molecule has 0 saturated carbocycles. The number of aromatic nitrogens is 2. The molecular formula is C27H34F3N5O5. The number of rotatable bonds is 6. The number of hydrogen-bond acceptors (Lipinski definition) is 7. The molecule has 13 heteroatoms. The standard InChI is InChI=1S/C27H34F3N5O5/c1-16-7-8-21(36)35(13-16)14-17(31-25(38)40-26(2,3)4)12-22(37)34-10-9-18-19(15-34)32-24(20-6-5-11-39-20)33-23(18)27(28,29)30/h5-6,11,16-17H,7-10,12-15H2,1-4H3,(H,31,38)/t16-,17+/m1/s1. The molecular weight excluding hydrogens is 531 g/mol. The van der Waals surface area contributed by atoms with Gasteiger partial charge < -0.3 is 24.3 Å². The zero-order valence-corrected chi connectivity index (χ0v) is 23.0. The third-order valence-corrected chi connectivity index (χ3v) is 6.75. The van der Waals surface area contributed by atoms with Gasteiger partial charge in [0.15, 0.2) is 17.3 Å². The number of hydrogen-bond donors (Lipinski definition) is 1. The minimum absolute atomic E-state index is 0.0250. The van der Waals surface area contributed by atoms with Crippen LogP contribution < -0.4 is 5.32 Å². The second-order valence-corrected chi connectivity index (χ2v) is 11.4. The smallest absolute Gasteiger partial charge is 0.433 e. The molecule has 1 saturated heterocycles. The molecule has 2 aromatic rings. The van der Waals surface area contributed by atoms with E-state index in [1.807, 2.05) is 6.92 Å². The number of amides is 3. The van der Waals surface area contributed by atoms with Crippen molar-refractivity contribution in [3.63, 3.8) is 0 Å². The van der Waals surface area contributed by atoms with E-state index in [0.717, 1.165) is 6.42 Å². The fourth-order valence-electron chi connectivity index (χ4n) is 4.91. The summed E-state index contributed by atoms with van der Waals surface area (Å²) in [6, 6.07) is 2.23. The van der Waals surface area contributed by atoms with Crippen molar-refractivity contribution in [3.8, 4) is 11.6 Å². The summed E-state index contributed by atoms with van der Waals surface area (Å²) in [4.78, 5) is 49.6. The van der Waals surface area contributed by atoms with E-state index in [-0.39, 0.29) is 67.1 Å². The zero-order chi connectivity index (χ0) is 29.2. The Morgan fingerprint density at radius 1 is 1.23 bits per heavy atom. The van der Waals surface area contributed by atoms with Crippen LogP contribution >= 0.6 is 0 Å². The third kappa shape index (κ3) is 7.30. The molecule has 2 aliphatic heterocycles. The van der Waals surface area contributed by atoms with Crippen molar-refractivity contribution in [1.82, 2.24) is 25.1 Å². The Bertz CT molecular complexity index is 1240. The first-order valence-corrected chi connectivity index (χ1v) is 13.3. The van der Waals surface area contributed by atoms with Crippen LogP contribution in [0.1, 0.15) is 63.9 Å². The molecule has 2 atom stereocenters. The van der Waals surface area contributed by atoms with Crippen LogP contribution in [0, 0.1) is 5.92 Å². The molecule has 0 aliphatic carbocycles. The van der Waals surface area contributed by atoms with Crippen LogP contribution in [0.15, 0.2) is 22.8 Å². The minimum Gasteiger partial charge on any atom is -0.461 e. The van der Waals surface area contributed by atoms with Crippen LogP contribution in [-0.2, 0) is 33.5 Å². The molecule has 40 heavy (non-hydrogen) atoms. The van der Waals surface area contributed by atoms with Crippen molar-refractivity contribution < 1.29 is 36.7 Å². The number of fused-ring (bicyclic) bond motifs is 1. The lowest BCUT2D eigenvalue weighted by Gasteiger charge is -2.35. The number of piperidine rings is 1. The summed E-state index contributed by atoms with van der Waals surface area (Å²) in [6.45, 7) is 7.64. The van der Waals surface area contributed by atoms with Crippen LogP contribution in [0.3, 0.4) is 0 Å². The van der Waals surface area contributed by atoms with Crippen molar-refractivity contribution >= 4 is 17.9 Å². The van der Waals surface area contributed by atoms with Gasteiger partial charge in [0.2, 0.25) is 11.8 Å². The van der Waals surface area contributed by atoms with E-state index in [9.17, 15) is 27.6 Å². The first-order chi connectivity index (χ1) is 18.7. The molecule has 0 bridgehead atoms. The molecule has 0 spiro atoms. The number of likely N-dealkylation sites (tertiary alicyclic amines) is 1. The van der Waals surface area contributed by atoms with Crippen molar-refractivity contribution in [1.29, 1.82) is 0 Å². The number of carbonyl (C=O) groups is 3. The lowest BCUT2D eigenvalue weighted by Crippen LogP contribution is -2.51. The Morgan fingerprint density at radius 3 is 2.62 bits per heavy atom. The van der Waals surface area contributed by atoms with E-state index in [0.29, 0.717) is 13.0 Å². The number of carbonyl (C=O) groups excluding carboxylic acids is 3. The number of nitrogens with zero attached hydrogens (tertiary/aromatic N) is 4. The topological polar surface area (TPSA) is 118 Å². The van der Waals surface area contributed by atoms with Crippen molar-refractivity contribution in [2.45, 2.75) is 77.7 Å². The molecule has 3 amide bonds. The van der Waals surface area contributed by atoms with E-state index in [2.05, 4.69) is 15.3 Å². The maximum absolute atomic E-state index is 13.9. The summed E-state index contributed by atoms with van der Waals surface area (Å²) in [5.41, 5.74) is -1.78. The third-order valence-electron chi connectivity index (χ3n) is 6.75. The number of nitrogens with one attached hydrogen (secondary N) is 1. The SMILES string of the molecule is C[C@@H]1CCC(=O)N(C[C@H](CC(=O)N2CCc3c(nc(-c4ccco4)nc3C(F)(F)F)C2)NC(=O)OC(C)(C)C)C1. The first kappa shape index (κ1) is 29.3. The Kier molecular flexibility index (Phi) is 8.41. The summed E-state index contributed by atoms with van der Waals surface area (Å²) in [5.74, 6) is -0.308. The zero-order valence-electron chi connectivity index (χ0n) is 23.0. The summed E-state index contributed by atoms with van der Waals surface area (Å²) >= 11 is 0. The molecule has 1 fully saturated rings. The summed E-state index contributed by atoms with van der Waals surface area (Å²) in [6.07, 6.45) is -3.22. The maximum atomic E-state index is 13.9. The Balaban J connectivity index is 1.54. The van der Waals surface area contributed by atoms with Crippen molar-refractivity contribution in [2.75, 3.05) is 19.6 Å². The van der Waals surface area contributed by atoms with Gasteiger partial charge in [-0.05, 0) is 51.7 Å². The van der Waals surface area contributed by atoms with Gasteiger partial charge in [-0.1, -0.05) is 6.92 Å². The molecule has 0 unspecified atom stereocenters. The Morgan fingerprint density at radius 2 is 1.98 bits per heavy atom. The molecule has 0 radical (unpaired) electrons. The second-order valence-electron chi connectivity index (χ2n) is 11.4. The van der Waals surface area contributed by atoms with Gasteiger partial charge in [0.1, 0.15) is 5.60 Å². The van der Waals surface area contributed by atoms with Crippen LogP contribution in [0.2, 0.25) is 0 Å². The number of ether oxygens (including phenoxy) is 1. The highest BCUT2D eigenvalue weighted by Crippen LogP contribution is 2.35. The Labute approximate surface area is 230 Å². The monoisotopic (exact) mass is 565 g/mol. The quantitative estimate of drug-likeness (QED) is 0.558. The van der Waals surface area contributed by atoms with Gasteiger partial charge in [0.05, 0.1) is 24.5 Å². The fraction of sp³-hybridized carbons (Fsp3) is 0.593. The molecule has 1 N–H and O–H groups in total. The largest absolute Gasteiger partial charge is 0.461 e. The van der Waals surface area contributed by atoms with E-state index >= 15 is 0 Å². The molecule has 4 rings (SSSR count). The number of furan rings is 1. The molecule has 0 aromatic carbocycles. The van der Waals surface area contributed by atoms with Crippen LogP contribution in [-0.4, -0.2) is 69.0 Å². The van der Waals surface area contributed by atoms with E-state index in [1.165, 1.54) is 23.3 Å². The van der Waals surface area contributed by atoms with Crippen LogP contribution in [0.25, 0.3) is 11.6 Å². The van der Waals surface area contributed by atoms with E-state index in [4.69, 9.17) is 9.15 Å². The maximum Gasteiger partial charge on any atom is 0.433 e. The molecule has 218 valence electrons. The van der Waals surface area contributed by atoms with Crippen LogP contribution in [0.5, 0.6) is 0 Å². The molecule has 2 aromatic heterocycles. The van der Waals surface area contributed by atoms with Gasteiger partial charge in [-0.3, -0.25) is 9.59 Å². The Hall–Kier alpha value is -3.64. The predicted octanol–water partition coefficient (Wildman–Crippen LogP) is 4.18. The highest BCUT2D eigenvalue weighted by Gasteiger charge is 2.40. The average molecular weight is 566 g/mol. The number of alkyl halides is 3. The van der Waals surface area contributed by atoms with Gasteiger partial charge in [-0.25, -0.2) is 14.8 Å². The highest BCUT2D eigenvalue weighted by molar-refractivity contribution is 5.79. The van der Waals surface area contributed by atoms with Gasteiger partial charge in [-0.15, -0.1) is 0 Å². The predicted molar refractivity (Wildman–Crippen MR) is 137 cm³/mol. The first-order valence-electron chi connectivity index (χ1n) is 13.3. The summed E-state index contributed by atoms with van der Waals surface area (Å²) in [5, 5.41) is 2.71. The number of halogens is 3. The lowest BCUT2D eigenvalue weighted by atomic mass is 9.98. The number of alkyl carbamates (subject to hydrolysis) is 1. The van der Waals surface area contributed by atoms with E-state index < -0.39 is 35.5 Å². The fourth-order valence-corrected chi connectivity index (χ4v) is 4.91.